The molecule has 0 radical (unpaired) electrons. The van der Waals surface area contributed by atoms with Gasteiger partial charge in [-0.05, 0) is 62.9 Å². The van der Waals surface area contributed by atoms with E-state index in [-0.39, 0.29) is 18.4 Å². The van der Waals surface area contributed by atoms with Crippen LogP contribution in [0.2, 0.25) is 0 Å². The van der Waals surface area contributed by atoms with Gasteiger partial charge in [-0.3, -0.25) is 4.98 Å². The summed E-state index contributed by atoms with van der Waals surface area (Å²) in [5, 5.41) is 3.36. The number of nitrogens with zero attached hydrogens (tertiary/aromatic N) is 5. The SMILES string of the molecule is COc1nc(C)c2nc(-c3cncc(F)c3)n(Cc3ccc(CC4CCNCC4)cc3F)c2n1. The highest BCUT2D eigenvalue weighted by Crippen LogP contribution is 2.28. The summed E-state index contributed by atoms with van der Waals surface area (Å²) in [5.41, 5.74) is 3.61. The molecule has 4 heterocycles. The maximum absolute atomic E-state index is 15.2. The third kappa shape index (κ3) is 4.48. The minimum Gasteiger partial charge on any atom is -0.467 e. The number of imidazole rings is 1. The highest BCUT2D eigenvalue weighted by atomic mass is 19.1. The lowest BCUT2D eigenvalue weighted by molar-refractivity contribution is 0.372. The fraction of sp³-hybridized carbons (Fsp3) is 0.360. The molecule has 0 amide bonds. The van der Waals surface area contributed by atoms with E-state index in [2.05, 4.69) is 25.3 Å². The Balaban J connectivity index is 1.54. The van der Waals surface area contributed by atoms with Gasteiger partial charge >= 0.3 is 6.01 Å². The van der Waals surface area contributed by atoms with Gasteiger partial charge in [-0.15, -0.1) is 0 Å². The fourth-order valence-corrected chi connectivity index (χ4v) is 4.54. The largest absolute Gasteiger partial charge is 0.467 e. The Morgan fingerprint density at radius 3 is 2.65 bits per heavy atom. The summed E-state index contributed by atoms with van der Waals surface area (Å²) < 4.78 is 36.2. The molecule has 1 aliphatic heterocycles. The maximum atomic E-state index is 15.2. The number of aryl methyl sites for hydroxylation is 1. The van der Waals surface area contributed by atoms with Crippen molar-refractivity contribution >= 4 is 11.2 Å². The zero-order chi connectivity index (χ0) is 23.7. The summed E-state index contributed by atoms with van der Waals surface area (Å²) in [4.78, 5) is 17.4. The Bertz CT molecular complexity index is 1330. The van der Waals surface area contributed by atoms with Crippen LogP contribution in [0.15, 0.2) is 36.7 Å². The Labute approximate surface area is 196 Å². The molecule has 1 aromatic carbocycles. The van der Waals surface area contributed by atoms with Crippen LogP contribution in [0.3, 0.4) is 0 Å². The number of hydrogen-bond donors (Lipinski definition) is 1. The third-order valence-corrected chi connectivity index (χ3v) is 6.32. The zero-order valence-electron chi connectivity index (χ0n) is 19.2. The second-order valence-corrected chi connectivity index (χ2v) is 8.70. The molecule has 0 unspecified atom stereocenters. The zero-order valence-corrected chi connectivity index (χ0v) is 19.2. The maximum Gasteiger partial charge on any atom is 0.318 e. The molecular weight excluding hydrogens is 438 g/mol. The van der Waals surface area contributed by atoms with Crippen molar-refractivity contribution in [1.29, 1.82) is 0 Å². The van der Waals surface area contributed by atoms with Crippen LogP contribution < -0.4 is 10.1 Å². The van der Waals surface area contributed by atoms with Crippen molar-refractivity contribution in [1.82, 2.24) is 29.8 Å². The van der Waals surface area contributed by atoms with Crippen molar-refractivity contribution in [3.63, 3.8) is 0 Å². The predicted octanol–water partition coefficient (Wildman–Crippen LogP) is 4.07. The predicted molar refractivity (Wildman–Crippen MR) is 125 cm³/mol. The smallest absolute Gasteiger partial charge is 0.318 e. The van der Waals surface area contributed by atoms with E-state index in [1.165, 1.54) is 19.4 Å². The molecule has 1 fully saturated rings. The Hall–Kier alpha value is -3.46. The Morgan fingerprint density at radius 1 is 1.09 bits per heavy atom. The van der Waals surface area contributed by atoms with Gasteiger partial charge in [0.25, 0.3) is 0 Å². The molecule has 4 aromatic rings. The summed E-state index contributed by atoms with van der Waals surface area (Å²) in [6, 6.07) is 6.97. The van der Waals surface area contributed by atoms with Crippen LogP contribution >= 0.6 is 0 Å². The van der Waals surface area contributed by atoms with Gasteiger partial charge in [0.2, 0.25) is 0 Å². The first-order valence-corrected chi connectivity index (χ1v) is 11.4. The molecule has 34 heavy (non-hydrogen) atoms. The number of nitrogens with one attached hydrogen (secondary N) is 1. The van der Waals surface area contributed by atoms with E-state index in [0.29, 0.717) is 39.7 Å². The molecule has 1 saturated heterocycles. The Morgan fingerprint density at radius 2 is 1.91 bits per heavy atom. The quantitative estimate of drug-likeness (QED) is 0.464. The number of fused-ring (bicyclic) bond motifs is 1. The van der Waals surface area contributed by atoms with E-state index in [1.807, 2.05) is 12.1 Å². The summed E-state index contributed by atoms with van der Waals surface area (Å²) in [7, 11) is 1.49. The first-order valence-electron chi connectivity index (χ1n) is 11.4. The molecule has 0 aliphatic carbocycles. The number of benzene rings is 1. The van der Waals surface area contributed by atoms with Crippen LogP contribution in [0.1, 0.15) is 29.7 Å². The standard InChI is InChI=1S/C25H26F2N6O/c1-15-22-24(32-25(30-15)34-2)33(23(31-22)19-11-20(26)13-29-12-19)14-18-4-3-17(10-21(18)27)9-16-5-7-28-8-6-16/h3-4,10-13,16,28H,5-9,14H2,1-2H3. The van der Waals surface area contributed by atoms with Crippen LogP contribution in [0.4, 0.5) is 8.78 Å². The molecule has 0 bridgehead atoms. The molecule has 1 aliphatic rings. The number of hydrogen-bond acceptors (Lipinski definition) is 6. The fourth-order valence-electron chi connectivity index (χ4n) is 4.54. The molecule has 7 nitrogen and oxygen atoms in total. The molecule has 0 saturated carbocycles. The normalized spacial score (nSPS) is 14.6. The first kappa shape index (κ1) is 22.3. The van der Waals surface area contributed by atoms with Crippen LogP contribution in [0, 0.1) is 24.5 Å². The van der Waals surface area contributed by atoms with E-state index in [0.717, 1.165) is 44.1 Å². The number of aromatic nitrogens is 5. The second kappa shape index (κ2) is 9.42. The van der Waals surface area contributed by atoms with Gasteiger partial charge < -0.3 is 14.6 Å². The molecule has 1 N–H and O–H groups in total. The number of piperidine rings is 1. The average molecular weight is 465 g/mol. The molecule has 176 valence electrons. The molecular formula is C25H26F2N6O. The summed E-state index contributed by atoms with van der Waals surface area (Å²) in [6.07, 6.45) is 5.74. The van der Waals surface area contributed by atoms with Gasteiger partial charge in [0.05, 0.1) is 25.5 Å². The number of rotatable bonds is 6. The Kier molecular flexibility index (Phi) is 6.19. The highest BCUT2D eigenvalue weighted by molar-refractivity contribution is 5.79. The number of ether oxygens (including phenoxy) is 1. The lowest BCUT2D eigenvalue weighted by Gasteiger charge is -2.22. The first-order chi connectivity index (χ1) is 16.5. The number of pyridine rings is 1. The number of methoxy groups -OCH3 is 1. The third-order valence-electron chi connectivity index (χ3n) is 6.32. The molecule has 3 aromatic heterocycles. The van der Waals surface area contributed by atoms with E-state index < -0.39 is 5.82 Å². The second-order valence-electron chi connectivity index (χ2n) is 8.70. The monoisotopic (exact) mass is 464 g/mol. The average Bonchev–Trinajstić information content (AvgIpc) is 3.20. The van der Waals surface area contributed by atoms with Crippen molar-refractivity contribution in [3.05, 3.63) is 65.1 Å². The van der Waals surface area contributed by atoms with Crippen molar-refractivity contribution in [2.75, 3.05) is 20.2 Å². The minimum absolute atomic E-state index is 0.168. The summed E-state index contributed by atoms with van der Waals surface area (Å²) in [5.74, 6) is 0.244. The van der Waals surface area contributed by atoms with Gasteiger partial charge in [-0.2, -0.15) is 9.97 Å². The van der Waals surface area contributed by atoms with Gasteiger partial charge in [0.15, 0.2) is 5.65 Å². The van der Waals surface area contributed by atoms with Crippen molar-refractivity contribution < 1.29 is 13.5 Å². The molecule has 5 rings (SSSR count). The van der Waals surface area contributed by atoms with E-state index in [4.69, 9.17) is 4.74 Å². The van der Waals surface area contributed by atoms with Crippen LogP contribution in [-0.4, -0.2) is 44.7 Å². The molecule has 0 atom stereocenters. The van der Waals surface area contributed by atoms with Crippen molar-refractivity contribution in [2.45, 2.75) is 32.7 Å². The summed E-state index contributed by atoms with van der Waals surface area (Å²) >= 11 is 0. The van der Waals surface area contributed by atoms with Crippen molar-refractivity contribution in [3.8, 4) is 17.4 Å². The molecule has 9 heteroatoms. The minimum atomic E-state index is -0.482. The van der Waals surface area contributed by atoms with E-state index in [9.17, 15) is 4.39 Å². The summed E-state index contributed by atoms with van der Waals surface area (Å²) in [6.45, 7) is 4.00. The van der Waals surface area contributed by atoms with Gasteiger partial charge in [0.1, 0.15) is 23.0 Å². The van der Waals surface area contributed by atoms with Crippen molar-refractivity contribution in [2.24, 2.45) is 5.92 Å². The van der Waals surface area contributed by atoms with Crippen LogP contribution in [-0.2, 0) is 13.0 Å². The molecule has 0 spiro atoms. The van der Waals surface area contributed by atoms with E-state index in [1.54, 1.807) is 17.6 Å². The van der Waals surface area contributed by atoms with Gasteiger partial charge in [-0.25, -0.2) is 13.8 Å². The topological polar surface area (TPSA) is 77.8 Å². The van der Waals surface area contributed by atoms with Gasteiger partial charge in [-0.1, -0.05) is 12.1 Å². The number of halogens is 2. The lowest BCUT2D eigenvalue weighted by Crippen LogP contribution is -2.28. The highest BCUT2D eigenvalue weighted by Gasteiger charge is 2.20. The van der Waals surface area contributed by atoms with Crippen LogP contribution in [0.5, 0.6) is 6.01 Å². The van der Waals surface area contributed by atoms with E-state index >= 15 is 4.39 Å². The van der Waals surface area contributed by atoms with Gasteiger partial charge in [0, 0.05) is 17.3 Å². The lowest BCUT2D eigenvalue weighted by atomic mass is 9.90. The van der Waals surface area contributed by atoms with Crippen LogP contribution in [0.25, 0.3) is 22.6 Å².